The first-order valence-electron chi connectivity index (χ1n) is 12.0. The second-order valence-electron chi connectivity index (χ2n) is 8.94. The van der Waals surface area contributed by atoms with Crippen LogP contribution >= 0.6 is 23.8 Å². The van der Waals surface area contributed by atoms with Gasteiger partial charge in [-0.2, -0.15) is 0 Å². The highest BCUT2D eigenvalue weighted by Crippen LogP contribution is 2.28. The Labute approximate surface area is 208 Å². The molecule has 4 rings (SSSR count). The summed E-state index contributed by atoms with van der Waals surface area (Å²) in [4.78, 5) is 7.19. The first kappa shape index (κ1) is 24.3. The van der Waals surface area contributed by atoms with Crippen molar-refractivity contribution < 1.29 is 4.74 Å². The molecule has 7 heteroatoms. The van der Waals surface area contributed by atoms with Crippen LogP contribution in [0.15, 0.2) is 36.4 Å². The zero-order chi connectivity index (χ0) is 23.2. The van der Waals surface area contributed by atoms with Gasteiger partial charge in [-0.25, -0.2) is 0 Å². The summed E-state index contributed by atoms with van der Waals surface area (Å²) in [6.45, 7) is 12.6. The summed E-state index contributed by atoms with van der Waals surface area (Å²) in [6, 6.07) is 12.9. The zero-order valence-corrected chi connectivity index (χ0v) is 21.4. The second kappa shape index (κ2) is 11.5. The minimum absolute atomic E-state index is 0.693. The van der Waals surface area contributed by atoms with Gasteiger partial charge in [0.15, 0.2) is 5.11 Å². The molecule has 2 aromatic rings. The summed E-state index contributed by atoms with van der Waals surface area (Å²) in [5.74, 6) is 0. The van der Waals surface area contributed by atoms with Gasteiger partial charge in [-0.3, -0.25) is 4.90 Å². The van der Waals surface area contributed by atoms with Gasteiger partial charge in [-0.1, -0.05) is 29.8 Å². The van der Waals surface area contributed by atoms with Crippen LogP contribution in [0.5, 0.6) is 0 Å². The molecule has 178 valence electrons. The molecule has 0 radical (unpaired) electrons. The molecule has 0 atom stereocenters. The largest absolute Gasteiger partial charge is 0.379 e. The monoisotopic (exact) mass is 486 g/mol. The summed E-state index contributed by atoms with van der Waals surface area (Å²) in [5.41, 5.74) is 6.13. The lowest BCUT2D eigenvalue weighted by molar-refractivity contribution is 0.0358. The Hall–Kier alpha value is -1.86. The van der Waals surface area contributed by atoms with Crippen molar-refractivity contribution in [2.75, 3.05) is 62.7 Å². The minimum Gasteiger partial charge on any atom is -0.379 e. The molecule has 0 spiro atoms. The smallest absolute Gasteiger partial charge is 0.173 e. The number of thiocarbonyl (C=S) groups is 1. The van der Waals surface area contributed by atoms with Crippen LogP contribution in [0, 0.1) is 6.92 Å². The topological polar surface area (TPSA) is 31.0 Å². The quantitative estimate of drug-likeness (QED) is 0.557. The van der Waals surface area contributed by atoms with E-state index in [1.165, 1.54) is 23.2 Å². The molecule has 0 unspecified atom stereocenters. The van der Waals surface area contributed by atoms with Gasteiger partial charge in [0, 0.05) is 51.5 Å². The number of anilines is 2. The zero-order valence-electron chi connectivity index (χ0n) is 19.8. The average Bonchev–Trinajstić information content (AvgIpc) is 2.83. The maximum absolute atomic E-state index is 6.48. The molecule has 2 aliphatic heterocycles. The van der Waals surface area contributed by atoms with E-state index in [1.807, 2.05) is 19.1 Å². The van der Waals surface area contributed by atoms with Gasteiger partial charge in [0.1, 0.15) is 0 Å². The van der Waals surface area contributed by atoms with Gasteiger partial charge in [-0.05, 0) is 73.8 Å². The number of ether oxygens (including phenoxy) is 1. The lowest BCUT2D eigenvalue weighted by Gasteiger charge is -2.33. The Kier molecular flexibility index (Phi) is 8.47. The van der Waals surface area contributed by atoms with Crippen LogP contribution in [0.3, 0.4) is 0 Å². The fourth-order valence-corrected chi connectivity index (χ4v) is 5.18. The molecule has 0 saturated carbocycles. The summed E-state index contributed by atoms with van der Waals surface area (Å²) in [6.07, 6.45) is 2.37. The first-order chi connectivity index (χ1) is 16.0. The van der Waals surface area contributed by atoms with Crippen molar-refractivity contribution >= 4 is 40.3 Å². The number of benzene rings is 2. The molecule has 2 heterocycles. The van der Waals surface area contributed by atoms with E-state index in [9.17, 15) is 0 Å². The lowest BCUT2D eigenvalue weighted by atomic mass is 9.99. The van der Waals surface area contributed by atoms with Crippen molar-refractivity contribution in [2.45, 2.75) is 33.2 Å². The van der Waals surface area contributed by atoms with Crippen LogP contribution in [0.1, 0.15) is 30.0 Å². The molecule has 1 fully saturated rings. The molecule has 0 bridgehead atoms. The number of aryl methyl sites for hydroxylation is 2. The van der Waals surface area contributed by atoms with Gasteiger partial charge < -0.3 is 19.9 Å². The van der Waals surface area contributed by atoms with Crippen LogP contribution in [0.4, 0.5) is 11.4 Å². The van der Waals surface area contributed by atoms with Gasteiger partial charge in [-0.15, -0.1) is 0 Å². The molecule has 2 aliphatic rings. The number of halogens is 1. The fraction of sp³-hybridized carbons (Fsp3) is 0.500. The molecule has 33 heavy (non-hydrogen) atoms. The molecule has 0 aromatic heterocycles. The Morgan fingerprint density at radius 2 is 1.97 bits per heavy atom. The Morgan fingerprint density at radius 1 is 1.15 bits per heavy atom. The standard InChI is InChI=1S/C26H35ClN4OS/c1-3-30-10-4-5-22-18-21(7-9-25(22)30)19-31(12-11-29-13-15-32-16-14-29)26(33)28-24-8-6-20(2)17-23(24)27/h6-9,17-18H,3-5,10-16,19H2,1-2H3,(H,28,33). The molecule has 2 aromatic carbocycles. The third-order valence-corrected chi connectivity index (χ3v) is 7.23. The van der Waals surface area contributed by atoms with Gasteiger partial charge in [0.05, 0.1) is 23.9 Å². The van der Waals surface area contributed by atoms with E-state index in [2.05, 4.69) is 51.2 Å². The van der Waals surface area contributed by atoms with Crippen molar-refractivity contribution in [3.05, 3.63) is 58.1 Å². The third-order valence-electron chi connectivity index (χ3n) is 6.56. The van der Waals surface area contributed by atoms with E-state index in [0.717, 1.165) is 76.7 Å². The number of hydrogen-bond acceptors (Lipinski definition) is 4. The Morgan fingerprint density at radius 3 is 2.73 bits per heavy atom. The predicted molar refractivity (Wildman–Crippen MR) is 143 cm³/mol. The van der Waals surface area contributed by atoms with Gasteiger partial charge >= 0.3 is 0 Å². The number of nitrogens with one attached hydrogen (secondary N) is 1. The lowest BCUT2D eigenvalue weighted by Crippen LogP contribution is -2.44. The highest BCUT2D eigenvalue weighted by Gasteiger charge is 2.19. The average molecular weight is 487 g/mol. The fourth-order valence-electron chi connectivity index (χ4n) is 4.63. The van der Waals surface area contributed by atoms with Crippen LogP contribution < -0.4 is 10.2 Å². The van der Waals surface area contributed by atoms with Crippen molar-refractivity contribution in [3.63, 3.8) is 0 Å². The van der Waals surface area contributed by atoms with Crippen LogP contribution in [-0.4, -0.2) is 67.4 Å². The van der Waals surface area contributed by atoms with E-state index in [4.69, 9.17) is 28.6 Å². The van der Waals surface area contributed by atoms with Crippen LogP contribution in [-0.2, 0) is 17.7 Å². The van der Waals surface area contributed by atoms with Crippen LogP contribution in [0.2, 0.25) is 5.02 Å². The molecule has 1 N–H and O–H groups in total. The van der Waals surface area contributed by atoms with Crippen molar-refractivity contribution in [1.29, 1.82) is 0 Å². The van der Waals surface area contributed by atoms with E-state index in [0.29, 0.717) is 10.1 Å². The van der Waals surface area contributed by atoms with Crippen molar-refractivity contribution in [1.82, 2.24) is 9.80 Å². The summed E-state index contributed by atoms with van der Waals surface area (Å²) in [5, 5.41) is 4.80. The maximum Gasteiger partial charge on any atom is 0.173 e. The van der Waals surface area contributed by atoms with Crippen molar-refractivity contribution in [2.24, 2.45) is 0 Å². The SMILES string of the molecule is CCN1CCCc2cc(CN(CCN3CCOCC3)C(=S)Nc3ccc(C)cc3Cl)ccc21. The highest BCUT2D eigenvalue weighted by molar-refractivity contribution is 7.80. The second-order valence-corrected chi connectivity index (χ2v) is 9.73. The highest BCUT2D eigenvalue weighted by atomic mass is 35.5. The third kappa shape index (κ3) is 6.38. The minimum atomic E-state index is 0.693. The van der Waals surface area contributed by atoms with E-state index >= 15 is 0 Å². The Bertz CT molecular complexity index is 963. The summed E-state index contributed by atoms with van der Waals surface area (Å²) < 4.78 is 5.51. The number of nitrogens with zero attached hydrogens (tertiary/aromatic N) is 3. The molecule has 5 nitrogen and oxygen atoms in total. The van der Waals surface area contributed by atoms with E-state index in [-0.39, 0.29) is 0 Å². The summed E-state index contributed by atoms with van der Waals surface area (Å²) in [7, 11) is 0. The summed E-state index contributed by atoms with van der Waals surface area (Å²) >= 11 is 12.4. The molecule has 1 saturated heterocycles. The van der Waals surface area contributed by atoms with E-state index < -0.39 is 0 Å². The number of fused-ring (bicyclic) bond motifs is 1. The number of hydrogen-bond donors (Lipinski definition) is 1. The predicted octanol–water partition coefficient (Wildman–Crippen LogP) is 4.95. The first-order valence-corrected chi connectivity index (χ1v) is 12.8. The van der Waals surface area contributed by atoms with E-state index in [1.54, 1.807) is 0 Å². The van der Waals surface area contributed by atoms with Gasteiger partial charge in [0.25, 0.3) is 0 Å². The number of morpholine rings is 1. The maximum atomic E-state index is 6.48. The molecular formula is C26H35ClN4OS. The normalized spacial score (nSPS) is 16.4. The molecular weight excluding hydrogens is 452 g/mol. The molecule has 0 aliphatic carbocycles. The van der Waals surface area contributed by atoms with Crippen LogP contribution in [0.25, 0.3) is 0 Å². The van der Waals surface area contributed by atoms with Gasteiger partial charge in [0.2, 0.25) is 0 Å². The van der Waals surface area contributed by atoms with Crippen molar-refractivity contribution in [3.8, 4) is 0 Å². The Balaban J connectivity index is 1.49. The molecule has 0 amide bonds. The number of rotatable bonds is 7.